The van der Waals surface area contributed by atoms with Crippen molar-refractivity contribution < 1.29 is 19.4 Å². The molecule has 2 saturated heterocycles. The number of aromatic nitrogens is 2. The normalized spacial score (nSPS) is 21.6. The number of likely N-dealkylation sites (tertiary alicyclic amines) is 1. The van der Waals surface area contributed by atoms with Crippen molar-refractivity contribution in [3.05, 3.63) is 64.7 Å². The first-order chi connectivity index (χ1) is 15.0. The molecule has 2 aliphatic heterocycles. The lowest BCUT2D eigenvalue weighted by molar-refractivity contribution is -0.140. The maximum absolute atomic E-state index is 13.1. The lowest BCUT2D eigenvalue weighted by atomic mass is 9.95. The van der Waals surface area contributed by atoms with Crippen LogP contribution in [0.15, 0.2) is 42.1 Å². The average Bonchev–Trinajstić information content (AvgIpc) is 3.03. The number of rotatable bonds is 5. The van der Waals surface area contributed by atoms with Crippen molar-refractivity contribution in [1.29, 1.82) is 0 Å². The molecule has 162 valence electrons. The van der Waals surface area contributed by atoms with Crippen LogP contribution in [-0.2, 0) is 14.3 Å². The van der Waals surface area contributed by atoms with Gasteiger partial charge in [0.2, 0.25) is 0 Å². The number of benzene rings is 1. The molecule has 8 nitrogen and oxygen atoms in total. The van der Waals surface area contributed by atoms with Crippen LogP contribution in [-0.4, -0.2) is 76.0 Å². The number of ketones is 1. The average molecular weight is 422 g/mol. The lowest BCUT2D eigenvalue weighted by Crippen LogP contribution is -2.42. The molecule has 0 bridgehead atoms. The number of hydrogen-bond acceptors (Lipinski definition) is 7. The molecule has 2 aromatic rings. The number of amides is 1. The van der Waals surface area contributed by atoms with Crippen molar-refractivity contribution in [1.82, 2.24) is 19.8 Å². The van der Waals surface area contributed by atoms with Gasteiger partial charge in [0.1, 0.15) is 11.6 Å². The topological polar surface area (TPSA) is 95.9 Å². The third-order valence-corrected chi connectivity index (χ3v) is 5.77. The van der Waals surface area contributed by atoms with Crippen LogP contribution < -0.4 is 0 Å². The third kappa shape index (κ3) is 4.22. The summed E-state index contributed by atoms with van der Waals surface area (Å²) in [5.74, 6) is -0.958. The molecule has 3 heterocycles. The highest BCUT2D eigenvalue weighted by Gasteiger charge is 2.46. The highest BCUT2D eigenvalue weighted by molar-refractivity contribution is 6.46. The van der Waals surface area contributed by atoms with Gasteiger partial charge in [-0.05, 0) is 19.4 Å². The van der Waals surface area contributed by atoms with Gasteiger partial charge >= 0.3 is 0 Å². The van der Waals surface area contributed by atoms with Gasteiger partial charge in [-0.25, -0.2) is 9.97 Å². The predicted molar refractivity (Wildman–Crippen MR) is 114 cm³/mol. The Hall–Kier alpha value is -3.10. The zero-order valence-electron chi connectivity index (χ0n) is 17.7. The van der Waals surface area contributed by atoms with Crippen LogP contribution in [0.25, 0.3) is 5.76 Å². The van der Waals surface area contributed by atoms with Gasteiger partial charge in [0.05, 0.1) is 36.1 Å². The Kier molecular flexibility index (Phi) is 6.11. The Balaban J connectivity index is 1.74. The predicted octanol–water partition coefficient (Wildman–Crippen LogP) is 1.85. The van der Waals surface area contributed by atoms with Crippen LogP contribution in [0.5, 0.6) is 0 Å². The molecule has 1 aromatic heterocycles. The number of Topliss-reactive ketones (excluding diaryl/α,β-unsaturated/α-hetero) is 1. The van der Waals surface area contributed by atoms with E-state index in [9.17, 15) is 14.7 Å². The molecular weight excluding hydrogens is 396 g/mol. The molecule has 0 aliphatic carbocycles. The van der Waals surface area contributed by atoms with Gasteiger partial charge in [0.25, 0.3) is 11.7 Å². The first-order valence-electron chi connectivity index (χ1n) is 10.4. The summed E-state index contributed by atoms with van der Waals surface area (Å²) in [7, 11) is 0. The number of carbonyl (C=O) groups excluding carboxylic acids is 2. The maximum Gasteiger partial charge on any atom is 0.295 e. The van der Waals surface area contributed by atoms with Crippen LogP contribution in [0.1, 0.15) is 28.7 Å². The van der Waals surface area contributed by atoms with E-state index in [-0.39, 0.29) is 11.3 Å². The van der Waals surface area contributed by atoms with E-state index in [1.54, 1.807) is 18.7 Å². The van der Waals surface area contributed by atoms with Crippen molar-refractivity contribution in [2.45, 2.75) is 19.9 Å². The van der Waals surface area contributed by atoms with E-state index in [1.165, 1.54) is 6.20 Å². The second-order valence-corrected chi connectivity index (χ2v) is 7.77. The van der Waals surface area contributed by atoms with Crippen molar-refractivity contribution in [3.63, 3.8) is 0 Å². The smallest absolute Gasteiger partial charge is 0.295 e. The summed E-state index contributed by atoms with van der Waals surface area (Å²) in [5, 5.41) is 11.1. The van der Waals surface area contributed by atoms with Crippen molar-refractivity contribution in [2.24, 2.45) is 0 Å². The number of aliphatic hydroxyl groups excluding tert-OH is 1. The summed E-state index contributed by atoms with van der Waals surface area (Å²) < 4.78 is 5.39. The summed E-state index contributed by atoms with van der Waals surface area (Å²) in [5.41, 5.74) is 1.76. The summed E-state index contributed by atoms with van der Waals surface area (Å²) in [4.78, 5) is 38.3. The molecule has 4 rings (SSSR count). The minimum atomic E-state index is -0.687. The fourth-order valence-corrected chi connectivity index (χ4v) is 4.13. The fourth-order valence-electron chi connectivity index (χ4n) is 4.13. The Bertz CT molecular complexity index is 1020. The van der Waals surface area contributed by atoms with Gasteiger partial charge in [0.15, 0.2) is 0 Å². The summed E-state index contributed by atoms with van der Waals surface area (Å²) in [6.45, 7) is 7.42. The van der Waals surface area contributed by atoms with Crippen molar-refractivity contribution in [3.8, 4) is 0 Å². The second kappa shape index (κ2) is 8.95. The molecular formula is C23H26N4O4. The molecule has 0 unspecified atom stereocenters. The first kappa shape index (κ1) is 21.1. The van der Waals surface area contributed by atoms with Crippen molar-refractivity contribution in [2.75, 3.05) is 39.4 Å². The number of aliphatic hydroxyl groups is 1. The molecule has 1 N–H and O–H groups in total. The van der Waals surface area contributed by atoms with E-state index in [0.717, 1.165) is 18.7 Å². The lowest BCUT2D eigenvalue weighted by Gasteiger charge is -2.31. The van der Waals surface area contributed by atoms with Crippen LogP contribution >= 0.6 is 0 Å². The van der Waals surface area contributed by atoms with Gasteiger partial charge in [-0.3, -0.25) is 14.5 Å². The Morgan fingerprint density at radius 2 is 1.84 bits per heavy atom. The number of hydrogen-bond donors (Lipinski definition) is 1. The van der Waals surface area contributed by atoms with Crippen LogP contribution in [0.3, 0.4) is 0 Å². The SMILES string of the molecule is Cc1ncc(/C(O)=C2\C(=O)C(=O)N(CCN3CCOCC3)[C@@H]2c2ccccc2)c(C)n1. The molecule has 8 heteroatoms. The summed E-state index contributed by atoms with van der Waals surface area (Å²) in [6, 6.07) is 8.66. The van der Waals surface area contributed by atoms with E-state index in [4.69, 9.17) is 4.74 Å². The summed E-state index contributed by atoms with van der Waals surface area (Å²) in [6.07, 6.45) is 1.50. The molecule has 2 fully saturated rings. The summed E-state index contributed by atoms with van der Waals surface area (Å²) >= 11 is 0. The number of morpholine rings is 1. The molecule has 2 aliphatic rings. The van der Waals surface area contributed by atoms with Gasteiger partial charge in [0, 0.05) is 32.4 Å². The highest BCUT2D eigenvalue weighted by Crippen LogP contribution is 2.39. The van der Waals surface area contributed by atoms with Crippen LogP contribution in [0, 0.1) is 13.8 Å². The Labute approximate surface area is 181 Å². The number of carbonyl (C=O) groups is 2. The molecule has 0 saturated carbocycles. The largest absolute Gasteiger partial charge is 0.507 e. The maximum atomic E-state index is 13.1. The molecule has 1 atom stereocenters. The van der Waals surface area contributed by atoms with E-state index < -0.39 is 17.7 Å². The molecule has 0 radical (unpaired) electrons. The Morgan fingerprint density at radius 3 is 2.52 bits per heavy atom. The minimum absolute atomic E-state index is 0.0775. The molecule has 31 heavy (non-hydrogen) atoms. The molecule has 1 amide bonds. The fraction of sp³-hybridized carbons (Fsp3) is 0.391. The van der Waals surface area contributed by atoms with Crippen molar-refractivity contribution >= 4 is 17.4 Å². The second-order valence-electron chi connectivity index (χ2n) is 7.77. The van der Waals surface area contributed by atoms with E-state index in [0.29, 0.717) is 43.4 Å². The first-order valence-corrected chi connectivity index (χ1v) is 10.4. The number of aryl methyl sites for hydroxylation is 2. The van der Waals surface area contributed by atoms with Gasteiger partial charge in [-0.2, -0.15) is 0 Å². The van der Waals surface area contributed by atoms with E-state index in [2.05, 4.69) is 14.9 Å². The standard InChI is InChI=1S/C23H26N4O4/c1-15-18(14-24-16(2)25-15)21(28)19-20(17-6-4-3-5-7-17)27(23(30)22(19)29)9-8-26-10-12-31-13-11-26/h3-7,14,20,28H,8-13H2,1-2H3/b21-19+/t20-/m1/s1. The molecule has 0 spiro atoms. The van der Waals surface area contributed by atoms with Gasteiger partial charge in [-0.1, -0.05) is 30.3 Å². The quantitative estimate of drug-likeness (QED) is 0.446. The zero-order chi connectivity index (χ0) is 22.0. The highest BCUT2D eigenvalue weighted by atomic mass is 16.5. The van der Waals surface area contributed by atoms with E-state index in [1.807, 2.05) is 30.3 Å². The Morgan fingerprint density at radius 1 is 1.13 bits per heavy atom. The number of ether oxygens (including phenoxy) is 1. The third-order valence-electron chi connectivity index (χ3n) is 5.77. The number of nitrogens with zero attached hydrogens (tertiary/aromatic N) is 4. The minimum Gasteiger partial charge on any atom is -0.507 e. The van der Waals surface area contributed by atoms with E-state index >= 15 is 0 Å². The van der Waals surface area contributed by atoms with Gasteiger partial charge < -0.3 is 14.7 Å². The van der Waals surface area contributed by atoms with Crippen LogP contribution in [0.2, 0.25) is 0 Å². The zero-order valence-corrected chi connectivity index (χ0v) is 17.7. The monoisotopic (exact) mass is 422 g/mol. The van der Waals surface area contributed by atoms with Crippen LogP contribution in [0.4, 0.5) is 0 Å². The van der Waals surface area contributed by atoms with Gasteiger partial charge in [-0.15, -0.1) is 0 Å². The molecule has 1 aromatic carbocycles.